The molecule has 0 spiro atoms. The van der Waals surface area contributed by atoms with E-state index >= 15 is 0 Å². The maximum Gasteiger partial charge on any atom is 0.140 e. The Bertz CT molecular complexity index is 573. The zero-order chi connectivity index (χ0) is 11.8. The molecule has 1 aliphatic carbocycles. The third kappa shape index (κ3) is 1.87. The van der Waals surface area contributed by atoms with Gasteiger partial charge >= 0.3 is 0 Å². The molecule has 0 radical (unpaired) electrons. The summed E-state index contributed by atoms with van der Waals surface area (Å²) in [6, 6.07) is 5.80. The lowest BCUT2D eigenvalue weighted by Gasteiger charge is -2.19. The number of benzene rings is 1. The average molecular weight is 248 g/mol. The molecule has 0 aliphatic heterocycles. The van der Waals surface area contributed by atoms with Crippen molar-refractivity contribution in [3.05, 3.63) is 35.0 Å². The van der Waals surface area contributed by atoms with Crippen LogP contribution < -0.4 is 0 Å². The minimum atomic E-state index is 0.0821. The molecule has 88 valence electrons. The van der Waals surface area contributed by atoms with Crippen LogP contribution in [0.5, 0.6) is 0 Å². The Morgan fingerprint density at radius 2 is 2.18 bits per heavy atom. The summed E-state index contributed by atoms with van der Waals surface area (Å²) in [4.78, 5) is 15.2. The maximum absolute atomic E-state index is 12.0. The van der Waals surface area contributed by atoms with Gasteiger partial charge in [0.25, 0.3) is 0 Å². The molecule has 1 aromatic heterocycles. The summed E-state index contributed by atoms with van der Waals surface area (Å²) in [6.07, 6.45) is 5.87. The lowest BCUT2D eigenvalue weighted by atomic mass is 9.83. The van der Waals surface area contributed by atoms with Crippen LogP contribution in [-0.2, 0) is 4.79 Å². The van der Waals surface area contributed by atoms with E-state index in [0.717, 1.165) is 47.2 Å². The van der Waals surface area contributed by atoms with Crippen LogP contribution >= 0.6 is 11.6 Å². The summed E-state index contributed by atoms with van der Waals surface area (Å²) in [6.45, 7) is 0. The first kappa shape index (κ1) is 10.8. The van der Waals surface area contributed by atoms with Crippen LogP contribution in [0, 0.1) is 0 Å². The first-order valence-corrected chi connectivity index (χ1v) is 6.43. The van der Waals surface area contributed by atoms with Gasteiger partial charge in [-0.05, 0) is 30.5 Å². The molecule has 1 heterocycles. The van der Waals surface area contributed by atoms with E-state index in [9.17, 15) is 4.79 Å². The van der Waals surface area contributed by atoms with Gasteiger partial charge in [-0.3, -0.25) is 4.79 Å². The number of carbonyl (C=O) groups is 1. The zero-order valence-corrected chi connectivity index (χ0v) is 10.3. The van der Waals surface area contributed by atoms with E-state index in [1.54, 1.807) is 0 Å². The molecule has 3 heteroatoms. The highest BCUT2D eigenvalue weighted by Crippen LogP contribution is 2.34. The molecule has 0 saturated heterocycles. The topological polar surface area (TPSA) is 32.9 Å². The second-order valence-electron chi connectivity index (χ2n) is 4.70. The van der Waals surface area contributed by atoms with Gasteiger partial charge in [0.15, 0.2) is 0 Å². The number of Topliss-reactive ketones (excluding diaryl/α,β-unsaturated/α-hetero) is 1. The molecule has 0 bridgehead atoms. The standard InChI is InChI=1S/C14H14ClNO/c15-9-5-6-10-12(8-16-13(10)7-9)11-3-1-2-4-14(11)17/h5-8,11,16H,1-4H2. The van der Waals surface area contributed by atoms with Crippen LogP contribution in [0.2, 0.25) is 5.02 Å². The van der Waals surface area contributed by atoms with Crippen molar-refractivity contribution in [2.45, 2.75) is 31.6 Å². The van der Waals surface area contributed by atoms with E-state index in [0.29, 0.717) is 5.78 Å². The van der Waals surface area contributed by atoms with Gasteiger partial charge in [-0.15, -0.1) is 0 Å². The normalized spacial score (nSPS) is 21.0. The third-order valence-electron chi connectivity index (χ3n) is 3.61. The fourth-order valence-electron chi connectivity index (χ4n) is 2.72. The van der Waals surface area contributed by atoms with Gasteiger partial charge in [0, 0.05) is 34.5 Å². The Labute approximate surface area is 105 Å². The van der Waals surface area contributed by atoms with Gasteiger partial charge in [-0.25, -0.2) is 0 Å². The minimum Gasteiger partial charge on any atom is -0.361 e. The number of aromatic nitrogens is 1. The molecule has 3 rings (SSSR count). The number of ketones is 1. The van der Waals surface area contributed by atoms with E-state index in [1.807, 2.05) is 24.4 Å². The van der Waals surface area contributed by atoms with Crippen molar-refractivity contribution in [3.63, 3.8) is 0 Å². The molecule has 1 aromatic carbocycles. The number of hydrogen-bond acceptors (Lipinski definition) is 1. The Morgan fingerprint density at radius 3 is 3.00 bits per heavy atom. The number of rotatable bonds is 1. The summed E-state index contributed by atoms with van der Waals surface area (Å²) >= 11 is 5.96. The van der Waals surface area contributed by atoms with Gasteiger partial charge in [-0.1, -0.05) is 24.1 Å². The molecule has 1 N–H and O–H groups in total. The average Bonchev–Trinajstić information content (AvgIpc) is 2.72. The van der Waals surface area contributed by atoms with E-state index in [-0.39, 0.29) is 5.92 Å². The van der Waals surface area contributed by atoms with Crippen molar-refractivity contribution >= 4 is 28.3 Å². The number of fused-ring (bicyclic) bond motifs is 1. The quantitative estimate of drug-likeness (QED) is 0.810. The highest BCUT2D eigenvalue weighted by Gasteiger charge is 2.25. The smallest absolute Gasteiger partial charge is 0.140 e. The van der Waals surface area contributed by atoms with Gasteiger partial charge in [0.1, 0.15) is 5.78 Å². The van der Waals surface area contributed by atoms with Crippen molar-refractivity contribution in [2.75, 3.05) is 0 Å². The molecule has 0 amide bonds. The number of hydrogen-bond donors (Lipinski definition) is 1. The number of nitrogens with one attached hydrogen (secondary N) is 1. The summed E-state index contributed by atoms with van der Waals surface area (Å²) in [5.74, 6) is 0.464. The third-order valence-corrected chi connectivity index (χ3v) is 3.84. The Hall–Kier alpha value is -1.28. The van der Waals surface area contributed by atoms with E-state index in [2.05, 4.69) is 4.98 Å². The lowest BCUT2D eigenvalue weighted by molar-refractivity contribution is -0.121. The van der Waals surface area contributed by atoms with Crippen molar-refractivity contribution in [1.82, 2.24) is 4.98 Å². The highest BCUT2D eigenvalue weighted by atomic mass is 35.5. The fraction of sp³-hybridized carbons (Fsp3) is 0.357. The molecule has 2 aromatic rings. The van der Waals surface area contributed by atoms with Crippen molar-refractivity contribution in [1.29, 1.82) is 0 Å². The predicted octanol–water partition coefficient (Wildman–Crippen LogP) is 4.05. The van der Waals surface area contributed by atoms with Crippen LogP contribution in [0.4, 0.5) is 0 Å². The second-order valence-corrected chi connectivity index (χ2v) is 5.14. The molecule has 2 nitrogen and oxygen atoms in total. The summed E-state index contributed by atoms with van der Waals surface area (Å²) in [5, 5.41) is 1.86. The SMILES string of the molecule is O=C1CCCCC1c1c[nH]c2cc(Cl)ccc12. The summed E-state index contributed by atoms with van der Waals surface area (Å²) < 4.78 is 0. The molecule has 1 atom stereocenters. The first-order chi connectivity index (χ1) is 8.25. The predicted molar refractivity (Wildman–Crippen MR) is 69.5 cm³/mol. The summed E-state index contributed by atoms with van der Waals surface area (Å²) in [5.41, 5.74) is 2.16. The number of carbonyl (C=O) groups excluding carboxylic acids is 1. The molecule has 1 aliphatic rings. The van der Waals surface area contributed by atoms with E-state index < -0.39 is 0 Å². The molecular weight excluding hydrogens is 234 g/mol. The van der Waals surface area contributed by atoms with Crippen LogP contribution in [0.25, 0.3) is 10.9 Å². The van der Waals surface area contributed by atoms with Crippen molar-refractivity contribution in [3.8, 4) is 0 Å². The van der Waals surface area contributed by atoms with Gasteiger partial charge in [0.05, 0.1) is 0 Å². The van der Waals surface area contributed by atoms with Crippen molar-refractivity contribution in [2.24, 2.45) is 0 Å². The molecular formula is C14H14ClNO. The largest absolute Gasteiger partial charge is 0.361 e. The fourth-order valence-corrected chi connectivity index (χ4v) is 2.89. The summed E-state index contributed by atoms with van der Waals surface area (Å²) in [7, 11) is 0. The van der Waals surface area contributed by atoms with Crippen LogP contribution in [0.3, 0.4) is 0 Å². The van der Waals surface area contributed by atoms with Crippen molar-refractivity contribution < 1.29 is 4.79 Å². The van der Waals surface area contributed by atoms with Crippen LogP contribution in [0.15, 0.2) is 24.4 Å². The number of halogens is 1. The lowest BCUT2D eigenvalue weighted by Crippen LogP contribution is -2.16. The van der Waals surface area contributed by atoms with Crippen LogP contribution in [0.1, 0.15) is 37.2 Å². The maximum atomic E-state index is 12.0. The van der Waals surface area contributed by atoms with Crippen LogP contribution in [-0.4, -0.2) is 10.8 Å². The van der Waals surface area contributed by atoms with Gasteiger partial charge in [0.2, 0.25) is 0 Å². The monoisotopic (exact) mass is 247 g/mol. The minimum absolute atomic E-state index is 0.0821. The van der Waals surface area contributed by atoms with Gasteiger partial charge in [-0.2, -0.15) is 0 Å². The first-order valence-electron chi connectivity index (χ1n) is 6.05. The van der Waals surface area contributed by atoms with E-state index in [4.69, 9.17) is 11.6 Å². The molecule has 1 fully saturated rings. The molecule has 17 heavy (non-hydrogen) atoms. The Balaban J connectivity index is 2.08. The molecule has 1 unspecified atom stereocenters. The number of H-pyrrole nitrogens is 1. The van der Waals surface area contributed by atoms with E-state index in [1.165, 1.54) is 0 Å². The Morgan fingerprint density at radius 1 is 1.29 bits per heavy atom. The molecule has 1 saturated carbocycles. The zero-order valence-electron chi connectivity index (χ0n) is 9.50. The number of aromatic amines is 1. The highest BCUT2D eigenvalue weighted by molar-refractivity contribution is 6.31. The second kappa shape index (κ2) is 4.19. The van der Waals surface area contributed by atoms with Gasteiger partial charge < -0.3 is 4.98 Å². The Kier molecular flexibility index (Phi) is 2.67.